The van der Waals surface area contributed by atoms with Gasteiger partial charge in [0.25, 0.3) is 6.47 Å². The highest BCUT2D eigenvalue weighted by molar-refractivity contribution is 5.75. The quantitative estimate of drug-likeness (QED) is 0.286. The molecule has 0 bridgehead atoms. The molecule has 188 valence electrons. The fraction of sp³-hybridized carbons (Fsp3) is 0.240. The zero-order chi connectivity index (χ0) is 25.7. The number of hydrogen-bond donors (Lipinski definition) is 4. The smallest absolute Gasteiger partial charge is 0.290 e. The van der Waals surface area contributed by atoms with Gasteiger partial charge in [0, 0.05) is 42.8 Å². The molecule has 0 saturated heterocycles. The summed E-state index contributed by atoms with van der Waals surface area (Å²) in [7, 11) is 1.30. The van der Waals surface area contributed by atoms with Crippen LogP contribution in [-0.2, 0) is 11.2 Å². The first-order valence-electron chi connectivity index (χ1n) is 11.3. The Kier molecular flexibility index (Phi) is 7.71. The average Bonchev–Trinajstić information content (AvgIpc) is 3.49. The fourth-order valence-corrected chi connectivity index (χ4v) is 4.40. The van der Waals surface area contributed by atoms with Crippen LogP contribution < -0.4 is 21.1 Å². The van der Waals surface area contributed by atoms with Gasteiger partial charge in [0.15, 0.2) is 23.0 Å². The number of aromatic nitrogens is 3. The van der Waals surface area contributed by atoms with E-state index in [0.29, 0.717) is 29.7 Å². The summed E-state index contributed by atoms with van der Waals surface area (Å²) in [6.07, 6.45) is 6.79. The number of halogens is 2. The molecule has 1 unspecified atom stereocenters. The van der Waals surface area contributed by atoms with Crippen LogP contribution in [0.1, 0.15) is 23.6 Å². The van der Waals surface area contributed by atoms with Crippen LogP contribution in [0, 0.1) is 11.6 Å². The van der Waals surface area contributed by atoms with E-state index in [1.54, 1.807) is 16.8 Å². The van der Waals surface area contributed by atoms with Crippen molar-refractivity contribution >= 4 is 23.6 Å². The fourth-order valence-electron chi connectivity index (χ4n) is 4.40. The Labute approximate surface area is 205 Å². The van der Waals surface area contributed by atoms with E-state index in [0.717, 1.165) is 25.1 Å². The Morgan fingerprint density at radius 2 is 2.06 bits per heavy atom. The number of nitrogens with one attached hydrogen (secondary N) is 2. The zero-order valence-electron chi connectivity index (χ0n) is 19.5. The molecule has 0 spiro atoms. The van der Waals surface area contributed by atoms with Crippen LogP contribution in [0.15, 0.2) is 48.9 Å². The van der Waals surface area contributed by atoms with Crippen molar-refractivity contribution in [3.05, 3.63) is 71.7 Å². The largest absolute Gasteiger partial charge is 0.494 e. The van der Waals surface area contributed by atoms with Crippen molar-refractivity contribution < 1.29 is 23.4 Å². The second-order valence-corrected chi connectivity index (χ2v) is 8.03. The molecule has 2 aromatic carbocycles. The van der Waals surface area contributed by atoms with Gasteiger partial charge < -0.3 is 26.2 Å². The van der Waals surface area contributed by atoms with Crippen LogP contribution in [0.25, 0.3) is 16.9 Å². The molecule has 0 fully saturated rings. The first-order valence-corrected chi connectivity index (χ1v) is 11.3. The molecule has 11 heteroatoms. The first-order chi connectivity index (χ1) is 17.5. The van der Waals surface area contributed by atoms with Crippen LogP contribution in [0.4, 0.5) is 20.3 Å². The van der Waals surface area contributed by atoms with E-state index in [-0.39, 0.29) is 17.8 Å². The minimum atomic E-state index is -1.03. The summed E-state index contributed by atoms with van der Waals surface area (Å²) < 4.78 is 35.5. The number of carboxylic acid groups (broad SMARTS) is 1. The molecule has 36 heavy (non-hydrogen) atoms. The highest BCUT2D eigenvalue weighted by Gasteiger charge is 2.22. The van der Waals surface area contributed by atoms with Crippen LogP contribution in [0.3, 0.4) is 0 Å². The molecule has 0 aliphatic heterocycles. The molecule has 0 radical (unpaired) electrons. The lowest BCUT2D eigenvalue weighted by Gasteiger charge is -2.14. The van der Waals surface area contributed by atoms with Crippen molar-refractivity contribution in [3.8, 4) is 17.0 Å². The molecule has 1 aliphatic rings. The first kappa shape index (κ1) is 25.0. The van der Waals surface area contributed by atoms with E-state index in [1.165, 1.54) is 36.6 Å². The Bertz CT molecular complexity index is 1380. The Balaban J connectivity index is 0.000000967. The molecular formula is C25H26F2N6O3. The minimum Gasteiger partial charge on any atom is -0.494 e. The molecule has 0 amide bonds. The van der Waals surface area contributed by atoms with Crippen molar-refractivity contribution in [2.75, 3.05) is 25.5 Å². The summed E-state index contributed by atoms with van der Waals surface area (Å²) in [6.45, 7) is 1.15. The number of rotatable bonds is 7. The van der Waals surface area contributed by atoms with E-state index in [2.05, 4.69) is 32.7 Å². The van der Waals surface area contributed by atoms with Crippen molar-refractivity contribution in [2.45, 2.75) is 18.9 Å². The minimum absolute atomic E-state index is 0.0894. The van der Waals surface area contributed by atoms with Crippen LogP contribution in [-0.4, -0.2) is 46.1 Å². The third-order valence-electron chi connectivity index (χ3n) is 5.99. The van der Waals surface area contributed by atoms with Gasteiger partial charge in [-0.2, -0.15) is 4.39 Å². The zero-order valence-corrected chi connectivity index (χ0v) is 19.5. The lowest BCUT2D eigenvalue weighted by Crippen LogP contribution is -2.25. The van der Waals surface area contributed by atoms with Crippen molar-refractivity contribution in [1.82, 2.24) is 19.7 Å². The number of hydrogen-bond acceptors (Lipinski definition) is 7. The second kappa shape index (κ2) is 11.1. The third-order valence-corrected chi connectivity index (χ3v) is 5.99. The van der Waals surface area contributed by atoms with Gasteiger partial charge in [-0.15, -0.1) is 0 Å². The van der Waals surface area contributed by atoms with E-state index < -0.39 is 11.6 Å². The van der Waals surface area contributed by atoms with E-state index in [9.17, 15) is 8.78 Å². The van der Waals surface area contributed by atoms with Gasteiger partial charge in [0.1, 0.15) is 0 Å². The summed E-state index contributed by atoms with van der Waals surface area (Å²) in [5, 5.41) is 13.7. The normalized spacial score (nSPS) is 14.2. The number of carbonyl (C=O) groups is 1. The summed E-state index contributed by atoms with van der Waals surface area (Å²) in [5.41, 5.74) is 10.1. The van der Waals surface area contributed by atoms with Crippen molar-refractivity contribution in [3.63, 3.8) is 0 Å². The maximum atomic E-state index is 14.7. The highest BCUT2D eigenvalue weighted by Crippen LogP contribution is 2.34. The van der Waals surface area contributed by atoms with Crippen molar-refractivity contribution in [2.24, 2.45) is 5.73 Å². The average molecular weight is 497 g/mol. The summed E-state index contributed by atoms with van der Waals surface area (Å²) >= 11 is 0. The monoisotopic (exact) mass is 496 g/mol. The lowest BCUT2D eigenvalue weighted by molar-refractivity contribution is -0.122. The van der Waals surface area contributed by atoms with Crippen LogP contribution in [0.5, 0.6) is 5.75 Å². The van der Waals surface area contributed by atoms with E-state index >= 15 is 0 Å². The molecule has 2 aromatic heterocycles. The van der Waals surface area contributed by atoms with Crippen molar-refractivity contribution in [1.29, 1.82) is 0 Å². The molecule has 2 heterocycles. The number of ether oxygens (including phenoxy) is 1. The summed E-state index contributed by atoms with van der Waals surface area (Å²) in [5.74, 6) is -1.64. The molecule has 9 nitrogen and oxygen atoms in total. The van der Waals surface area contributed by atoms with Gasteiger partial charge in [-0.05, 0) is 48.2 Å². The third kappa shape index (κ3) is 4.83. The highest BCUT2D eigenvalue weighted by atomic mass is 19.2. The Morgan fingerprint density at radius 1 is 1.25 bits per heavy atom. The topological polar surface area (TPSA) is 127 Å². The van der Waals surface area contributed by atoms with Gasteiger partial charge in [-0.1, -0.05) is 6.07 Å². The van der Waals surface area contributed by atoms with E-state index in [1.807, 2.05) is 6.07 Å². The van der Waals surface area contributed by atoms with Gasteiger partial charge in [-0.3, -0.25) is 9.20 Å². The summed E-state index contributed by atoms with van der Waals surface area (Å²) in [4.78, 5) is 17.2. The number of benzene rings is 2. The predicted octanol–water partition coefficient (Wildman–Crippen LogP) is 3.66. The maximum absolute atomic E-state index is 14.7. The molecular weight excluding hydrogens is 470 g/mol. The SMILES string of the molecule is COc1ccc(-c2cnc3c(Nc4ccc5c(c4)CCC5NCCN)nccn23)c(F)c1F.O=CO. The number of nitrogens with two attached hydrogens (primary N) is 1. The maximum Gasteiger partial charge on any atom is 0.290 e. The number of nitrogens with zero attached hydrogens (tertiary/aromatic N) is 3. The molecule has 4 aromatic rings. The van der Waals surface area contributed by atoms with E-state index in [4.69, 9.17) is 20.4 Å². The number of fused-ring (bicyclic) bond motifs is 2. The number of anilines is 2. The Morgan fingerprint density at radius 3 is 2.81 bits per heavy atom. The van der Waals surface area contributed by atoms with Gasteiger partial charge in [0.05, 0.1) is 19.0 Å². The van der Waals surface area contributed by atoms with Gasteiger partial charge >= 0.3 is 0 Å². The number of imidazole rings is 1. The lowest BCUT2D eigenvalue weighted by atomic mass is 10.1. The van der Waals surface area contributed by atoms with Crippen LogP contribution >= 0.6 is 0 Å². The molecule has 1 aliphatic carbocycles. The van der Waals surface area contributed by atoms with Crippen LogP contribution in [0.2, 0.25) is 0 Å². The molecule has 5 N–H and O–H groups in total. The molecule has 5 rings (SSSR count). The summed E-state index contributed by atoms with van der Waals surface area (Å²) in [6, 6.07) is 9.44. The Hall–Kier alpha value is -4.09. The standard InChI is InChI=1S/C24H24F2N6O.CH2O2/c1-33-20-7-5-17(21(25)22(20)26)19-13-30-24-23(29-10-11-32(19)24)31-15-3-4-16-14(12-15)2-6-18(16)28-9-8-27;2-1-3/h3-5,7,10-13,18,28H,2,6,8-9,27H2,1H3,(H,29,31);1H,(H,2,3). The predicted molar refractivity (Wildman–Crippen MR) is 131 cm³/mol. The number of methoxy groups -OCH3 is 1. The number of aryl methyl sites for hydroxylation is 1. The molecule has 0 saturated carbocycles. The second-order valence-electron chi connectivity index (χ2n) is 8.03. The van der Waals surface area contributed by atoms with Gasteiger partial charge in [-0.25, -0.2) is 14.4 Å². The van der Waals surface area contributed by atoms with Gasteiger partial charge in [0.2, 0.25) is 5.82 Å². The molecule has 1 atom stereocenters.